The van der Waals surface area contributed by atoms with Gasteiger partial charge < -0.3 is 41.4 Å². The molecule has 73 heavy (non-hydrogen) atoms. The molecule has 0 aliphatic carbocycles. The van der Waals surface area contributed by atoms with Crippen molar-refractivity contribution in [3.05, 3.63) is 120 Å². The van der Waals surface area contributed by atoms with E-state index in [4.69, 9.17) is 9.47 Å². The van der Waals surface area contributed by atoms with Gasteiger partial charge in [0.25, 0.3) is 0 Å². The van der Waals surface area contributed by atoms with Crippen molar-refractivity contribution in [3.63, 3.8) is 0 Å². The number of sulfone groups is 2. The zero-order chi connectivity index (χ0) is 52.3. The molecule has 17 nitrogen and oxygen atoms in total. The topological polar surface area (TPSA) is 234 Å². The molecule has 8 rings (SSSR count). The molecule has 386 valence electrons. The molecule has 6 aromatic rings. The Labute approximate surface area is 430 Å². The van der Waals surface area contributed by atoms with E-state index < -0.39 is 24.9 Å². The lowest BCUT2D eigenvalue weighted by Crippen LogP contribution is -2.26. The fraction of sp³-hybridized carbons (Fsp3) is 0.389. The number of pyridine rings is 4. The molecule has 2 saturated heterocycles. The lowest BCUT2D eigenvalue weighted by molar-refractivity contribution is 0.242. The van der Waals surface area contributed by atoms with Gasteiger partial charge in [-0.2, -0.15) is 5.26 Å². The third kappa shape index (κ3) is 14.2. The van der Waals surface area contributed by atoms with Gasteiger partial charge >= 0.3 is 0 Å². The molecular weight excluding hydrogens is 963 g/mol. The quantitative estimate of drug-likeness (QED) is 0.0498. The molecule has 0 amide bonds. The summed E-state index contributed by atoms with van der Waals surface area (Å²) < 4.78 is 62.5. The summed E-state index contributed by atoms with van der Waals surface area (Å²) in [4.78, 5) is 18.7. The molecule has 0 bridgehead atoms. The number of nitrogens with zero attached hydrogens (tertiary/aromatic N) is 5. The monoisotopic (exact) mass is 1030 g/mol. The number of rotatable bonds is 17. The molecule has 4 aromatic heterocycles. The van der Waals surface area contributed by atoms with Crippen molar-refractivity contribution in [1.82, 2.24) is 30.6 Å². The smallest absolute Gasteiger partial charge is 0.182 e. The van der Waals surface area contributed by atoms with Crippen molar-refractivity contribution >= 4 is 65.7 Å². The fourth-order valence-corrected chi connectivity index (χ4v) is 10.5. The number of aryl methyl sites for hydroxylation is 1. The first-order valence-corrected chi connectivity index (χ1v) is 28.1. The van der Waals surface area contributed by atoms with E-state index in [2.05, 4.69) is 64.0 Å². The van der Waals surface area contributed by atoms with Crippen LogP contribution in [0.15, 0.2) is 107 Å². The van der Waals surface area contributed by atoms with Crippen LogP contribution in [0.25, 0.3) is 0 Å². The third-order valence-corrected chi connectivity index (χ3v) is 15.7. The fourth-order valence-electron chi connectivity index (χ4n) is 8.49. The second-order valence-electron chi connectivity index (χ2n) is 19.1. The maximum Gasteiger partial charge on any atom is 0.182 e. The summed E-state index contributed by atoms with van der Waals surface area (Å²) in [5, 5.41) is 28.8. The van der Waals surface area contributed by atoms with E-state index in [1.165, 1.54) is 18.0 Å². The Kier molecular flexibility index (Phi) is 17.9. The maximum atomic E-state index is 12.9. The Morgan fingerprint density at radius 2 is 1.04 bits per heavy atom. The highest BCUT2D eigenvalue weighted by Gasteiger charge is 2.25. The SMILES string of the molecule is CC(C)Oc1cc(C2CCNCC2)cnc1Nc1cc(Nc2ccccc2S(=O)(=O)C(C)C)c(C#N)cn1.Cc1cnc(Nc2ncc(C3CCNCC3)cc2OC(C)C)cc1Nc1ccccc1S(C)(=O)=O. The van der Waals surface area contributed by atoms with Gasteiger partial charge in [-0.25, -0.2) is 36.8 Å². The van der Waals surface area contributed by atoms with Gasteiger partial charge in [0, 0.05) is 48.9 Å². The van der Waals surface area contributed by atoms with Crippen LogP contribution >= 0.6 is 0 Å². The number of anilines is 8. The maximum absolute atomic E-state index is 12.9. The summed E-state index contributed by atoms with van der Waals surface area (Å²) in [6, 6.07) is 23.3. The number of benzene rings is 2. The molecular formula is C54H67N11O6S2. The Hall–Kier alpha value is -6.85. The van der Waals surface area contributed by atoms with E-state index in [0.717, 1.165) is 68.7 Å². The zero-order valence-corrected chi connectivity index (χ0v) is 44.4. The number of aromatic nitrogens is 4. The summed E-state index contributed by atoms with van der Waals surface area (Å²) in [5.41, 5.74) is 5.57. The van der Waals surface area contributed by atoms with Crippen LogP contribution in [-0.4, -0.2) is 86.7 Å². The first-order valence-electron chi connectivity index (χ1n) is 24.7. The van der Waals surface area contributed by atoms with Crippen molar-refractivity contribution < 1.29 is 26.3 Å². The summed E-state index contributed by atoms with van der Waals surface area (Å²) in [6.07, 6.45) is 12.4. The van der Waals surface area contributed by atoms with Crippen molar-refractivity contribution in [2.75, 3.05) is 53.7 Å². The van der Waals surface area contributed by atoms with Crippen LogP contribution in [-0.2, 0) is 19.7 Å². The molecule has 19 heteroatoms. The second-order valence-corrected chi connectivity index (χ2v) is 23.5. The second kappa shape index (κ2) is 24.2. The highest BCUT2D eigenvalue weighted by molar-refractivity contribution is 7.92. The van der Waals surface area contributed by atoms with Gasteiger partial charge in [-0.05, 0) is 165 Å². The predicted octanol–water partition coefficient (Wildman–Crippen LogP) is 10.2. The van der Waals surface area contributed by atoms with Crippen LogP contribution < -0.4 is 41.4 Å². The van der Waals surface area contributed by atoms with Crippen molar-refractivity contribution in [1.29, 1.82) is 5.26 Å². The lowest BCUT2D eigenvalue weighted by Gasteiger charge is -2.24. The molecule has 0 radical (unpaired) electrons. The van der Waals surface area contributed by atoms with Gasteiger partial charge in [0.05, 0.1) is 49.9 Å². The molecule has 2 aliphatic heterocycles. The van der Waals surface area contributed by atoms with Gasteiger partial charge in [-0.1, -0.05) is 24.3 Å². The summed E-state index contributed by atoms with van der Waals surface area (Å²) in [6.45, 7) is 17.1. The van der Waals surface area contributed by atoms with Crippen LogP contribution in [0.5, 0.6) is 11.5 Å². The predicted molar refractivity (Wildman–Crippen MR) is 289 cm³/mol. The summed E-state index contributed by atoms with van der Waals surface area (Å²) >= 11 is 0. The van der Waals surface area contributed by atoms with E-state index >= 15 is 0 Å². The van der Waals surface area contributed by atoms with Crippen LogP contribution in [0.4, 0.5) is 46.0 Å². The number of nitrogens with one attached hydrogen (secondary N) is 6. The molecule has 0 atom stereocenters. The Morgan fingerprint density at radius 1 is 0.589 bits per heavy atom. The Balaban J connectivity index is 0.000000214. The first-order chi connectivity index (χ1) is 34.9. The number of para-hydroxylation sites is 2. The minimum atomic E-state index is -3.54. The average Bonchev–Trinajstić information content (AvgIpc) is 3.36. The van der Waals surface area contributed by atoms with Crippen LogP contribution in [0, 0.1) is 18.3 Å². The number of piperidine rings is 2. The third-order valence-electron chi connectivity index (χ3n) is 12.4. The van der Waals surface area contributed by atoms with E-state index in [9.17, 15) is 22.1 Å². The number of ether oxygens (including phenoxy) is 2. The van der Waals surface area contributed by atoms with Crippen LogP contribution in [0.2, 0.25) is 0 Å². The van der Waals surface area contributed by atoms with Gasteiger partial charge in [-0.15, -0.1) is 0 Å². The Morgan fingerprint density at radius 3 is 1.52 bits per heavy atom. The van der Waals surface area contributed by atoms with Crippen LogP contribution in [0.1, 0.15) is 101 Å². The van der Waals surface area contributed by atoms with E-state index in [1.807, 2.05) is 59.1 Å². The largest absolute Gasteiger partial charge is 0.487 e. The molecule has 2 fully saturated rings. The zero-order valence-electron chi connectivity index (χ0n) is 42.8. The molecule has 0 saturated carbocycles. The van der Waals surface area contributed by atoms with E-state index in [1.54, 1.807) is 74.6 Å². The molecule has 2 aromatic carbocycles. The molecule has 0 unspecified atom stereocenters. The van der Waals surface area contributed by atoms with E-state index in [0.29, 0.717) is 63.7 Å². The van der Waals surface area contributed by atoms with Crippen molar-refractivity contribution in [2.24, 2.45) is 0 Å². The standard InChI is InChI=1S/C28H34N6O3S.C26H33N5O3S/c1-18(2)37-25-13-21(20-9-11-30-12-10-20)16-32-28(25)34-27-14-24(22(15-29)17-31-27)33-23-7-5-6-8-26(23)38(35,36)19(3)4;1-17(2)34-23-13-20(19-9-11-27-12-10-19)16-29-26(23)31-25-14-22(18(3)15-28-25)30-21-7-5-6-8-24(21)35(4,32)33/h5-8,13-14,16-20,30H,9-12H2,1-4H3,(H2,31,32,33,34);5-8,13-17,19,27H,9-12H2,1-4H3,(H2,28,29,30,31). The molecule has 6 heterocycles. The van der Waals surface area contributed by atoms with Crippen molar-refractivity contribution in [2.45, 2.75) is 113 Å². The minimum absolute atomic E-state index is 0.00341. The van der Waals surface area contributed by atoms with Gasteiger partial charge in [0.1, 0.15) is 17.7 Å². The number of nitriles is 1. The molecule has 0 spiro atoms. The average molecular weight is 1030 g/mol. The highest BCUT2D eigenvalue weighted by Crippen LogP contribution is 2.37. The summed E-state index contributed by atoms with van der Waals surface area (Å²) in [7, 11) is -6.92. The molecule has 2 aliphatic rings. The van der Waals surface area contributed by atoms with Crippen LogP contribution in [0.3, 0.4) is 0 Å². The summed E-state index contributed by atoms with van der Waals surface area (Å²) in [5.74, 6) is 4.34. The molecule has 6 N–H and O–H groups in total. The lowest BCUT2D eigenvalue weighted by atomic mass is 9.91. The van der Waals surface area contributed by atoms with Gasteiger partial charge in [-0.3, -0.25) is 0 Å². The first kappa shape index (κ1) is 53.9. The number of hydrogen-bond acceptors (Lipinski definition) is 17. The van der Waals surface area contributed by atoms with Crippen molar-refractivity contribution in [3.8, 4) is 17.6 Å². The van der Waals surface area contributed by atoms with Gasteiger partial charge in [0.15, 0.2) is 42.8 Å². The van der Waals surface area contributed by atoms with E-state index in [-0.39, 0.29) is 27.6 Å². The van der Waals surface area contributed by atoms with Gasteiger partial charge in [0.2, 0.25) is 0 Å². The highest BCUT2D eigenvalue weighted by atomic mass is 32.2. The normalized spacial score (nSPS) is 14.5. The Bertz CT molecular complexity index is 3130. The minimum Gasteiger partial charge on any atom is -0.487 e. The number of hydrogen-bond donors (Lipinski definition) is 6.